The molecule has 0 aromatic carbocycles. The Morgan fingerprint density at radius 1 is 1.17 bits per heavy atom. The molecular formula is C15H29NOS. The summed E-state index contributed by atoms with van der Waals surface area (Å²) in [4.78, 5) is 0. The van der Waals surface area contributed by atoms with Gasteiger partial charge >= 0.3 is 0 Å². The molecule has 0 aromatic rings. The SMILES string of the molecule is CCSC1CCCC1NCC1(CO)CCCCC1. The molecule has 2 rings (SSSR count). The summed E-state index contributed by atoms with van der Waals surface area (Å²) in [5.74, 6) is 1.23. The lowest BCUT2D eigenvalue weighted by molar-refractivity contribution is 0.0786. The van der Waals surface area contributed by atoms with E-state index in [1.807, 2.05) is 0 Å². The topological polar surface area (TPSA) is 32.3 Å². The van der Waals surface area contributed by atoms with Crippen molar-refractivity contribution in [2.24, 2.45) is 5.41 Å². The van der Waals surface area contributed by atoms with Gasteiger partial charge in [-0.3, -0.25) is 0 Å². The Bertz CT molecular complexity index is 241. The van der Waals surface area contributed by atoms with Crippen molar-refractivity contribution >= 4 is 11.8 Å². The van der Waals surface area contributed by atoms with E-state index in [1.54, 1.807) is 0 Å². The highest BCUT2D eigenvalue weighted by Gasteiger charge is 2.34. The molecular weight excluding hydrogens is 242 g/mol. The van der Waals surface area contributed by atoms with Crippen molar-refractivity contribution in [1.29, 1.82) is 0 Å². The lowest BCUT2D eigenvalue weighted by Gasteiger charge is -2.37. The Hall–Kier alpha value is 0.270. The van der Waals surface area contributed by atoms with Gasteiger partial charge in [-0.1, -0.05) is 32.6 Å². The molecule has 2 aliphatic rings. The standard InChI is InChI=1S/C15H29NOS/c1-2-18-14-8-6-7-13(14)16-11-15(12-17)9-4-3-5-10-15/h13-14,16-17H,2-12H2,1H3. The molecule has 106 valence electrons. The van der Waals surface area contributed by atoms with E-state index in [9.17, 15) is 5.11 Å². The smallest absolute Gasteiger partial charge is 0.0499 e. The van der Waals surface area contributed by atoms with E-state index >= 15 is 0 Å². The van der Waals surface area contributed by atoms with Crippen LogP contribution in [0.25, 0.3) is 0 Å². The first-order valence-electron chi connectivity index (χ1n) is 7.75. The van der Waals surface area contributed by atoms with E-state index in [-0.39, 0.29) is 5.41 Å². The highest BCUT2D eigenvalue weighted by molar-refractivity contribution is 7.99. The Labute approximate surface area is 116 Å². The van der Waals surface area contributed by atoms with E-state index < -0.39 is 0 Å². The van der Waals surface area contributed by atoms with Gasteiger partial charge in [0.05, 0.1) is 0 Å². The molecule has 3 heteroatoms. The fraction of sp³-hybridized carbons (Fsp3) is 1.00. The third-order valence-electron chi connectivity index (χ3n) is 4.82. The summed E-state index contributed by atoms with van der Waals surface area (Å²) in [5.41, 5.74) is 0.197. The first kappa shape index (κ1) is 14.7. The van der Waals surface area contributed by atoms with Gasteiger partial charge in [0.1, 0.15) is 0 Å². The second kappa shape index (κ2) is 7.16. The minimum atomic E-state index is 0.197. The van der Waals surface area contributed by atoms with Crippen LogP contribution in [0.2, 0.25) is 0 Å². The number of nitrogens with one attached hydrogen (secondary N) is 1. The van der Waals surface area contributed by atoms with Crippen molar-refractivity contribution in [3.05, 3.63) is 0 Å². The molecule has 0 heterocycles. The number of rotatable bonds is 6. The van der Waals surface area contributed by atoms with Gasteiger partial charge in [-0.25, -0.2) is 0 Å². The number of thioether (sulfide) groups is 1. The van der Waals surface area contributed by atoms with E-state index in [1.165, 1.54) is 57.1 Å². The average Bonchev–Trinajstić information content (AvgIpc) is 2.86. The molecule has 2 N–H and O–H groups in total. The Balaban J connectivity index is 1.81. The summed E-state index contributed by atoms with van der Waals surface area (Å²) >= 11 is 2.12. The highest BCUT2D eigenvalue weighted by atomic mass is 32.2. The second-order valence-corrected chi connectivity index (χ2v) is 7.65. The van der Waals surface area contributed by atoms with Gasteiger partial charge in [0.15, 0.2) is 0 Å². The average molecular weight is 271 g/mol. The zero-order chi connectivity index (χ0) is 12.8. The van der Waals surface area contributed by atoms with Crippen molar-refractivity contribution in [2.75, 3.05) is 18.9 Å². The molecule has 2 nitrogen and oxygen atoms in total. The first-order chi connectivity index (χ1) is 8.79. The van der Waals surface area contributed by atoms with Gasteiger partial charge in [0.25, 0.3) is 0 Å². The number of aliphatic hydroxyl groups excluding tert-OH is 1. The molecule has 2 unspecified atom stereocenters. The Morgan fingerprint density at radius 3 is 2.61 bits per heavy atom. The van der Waals surface area contributed by atoms with Crippen LogP contribution in [0.15, 0.2) is 0 Å². The van der Waals surface area contributed by atoms with Crippen LogP contribution in [0.5, 0.6) is 0 Å². The molecule has 0 radical (unpaired) electrons. The van der Waals surface area contributed by atoms with Crippen molar-refractivity contribution in [3.8, 4) is 0 Å². The highest BCUT2D eigenvalue weighted by Crippen LogP contribution is 2.36. The zero-order valence-corrected chi connectivity index (χ0v) is 12.6. The zero-order valence-electron chi connectivity index (χ0n) is 11.8. The van der Waals surface area contributed by atoms with Crippen LogP contribution in [-0.4, -0.2) is 35.3 Å². The van der Waals surface area contributed by atoms with Gasteiger partial charge in [-0.05, 0) is 31.4 Å². The largest absolute Gasteiger partial charge is 0.396 e. The van der Waals surface area contributed by atoms with Crippen molar-refractivity contribution in [1.82, 2.24) is 5.32 Å². The minimum Gasteiger partial charge on any atom is -0.396 e. The number of hydrogen-bond donors (Lipinski definition) is 2. The molecule has 0 amide bonds. The third kappa shape index (κ3) is 3.64. The van der Waals surface area contributed by atoms with Crippen LogP contribution in [0.3, 0.4) is 0 Å². The molecule has 0 aromatic heterocycles. The summed E-state index contributed by atoms with van der Waals surface area (Å²) in [5, 5.41) is 14.4. The molecule has 0 saturated heterocycles. The number of aliphatic hydroxyl groups is 1. The van der Waals surface area contributed by atoms with Gasteiger partial charge in [0.2, 0.25) is 0 Å². The summed E-state index contributed by atoms with van der Waals surface area (Å²) in [6.07, 6.45) is 10.5. The molecule has 18 heavy (non-hydrogen) atoms. The normalized spacial score (nSPS) is 31.7. The predicted molar refractivity (Wildman–Crippen MR) is 80.2 cm³/mol. The van der Waals surface area contributed by atoms with Gasteiger partial charge in [-0.2, -0.15) is 11.8 Å². The summed E-state index contributed by atoms with van der Waals surface area (Å²) in [7, 11) is 0. The van der Waals surface area contributed by atoms with Crippen LogP contribution in [-0.2, 0) is 0 Å². The molecule has 2 saturated carbocycles. The fourth-order valence-corrected chi connectivity index (χ4v) is 4.84. The lowest BCUT2D eigenvalue weighted by atomic mass is 9.74. The monoisotopic (exact) mass is 271 g/mol. The lowest BCUT2D eigenvalue weighted by Crippen LogP contribution is -2.45. The maximum absolute atomic E-state index is 9.74. The maximum atomic E-state index is 9.74. The van der Waals surface area contributed by atoms with Crippen LogP contribution in [0.4, 0.5) is 0 Å². The quantitative estimate of drug-likeness (QED) is 0.778. The van der Waals surface area contributed by atoms with E-state index in [2.05, 4.69) is 24.0 Å². The molecule has 2 fully saturated rings. The maximum Gasteiger partial charge on any atom is 0.0499 e. The predicted octanol–water partition coefficient (Wildman–Crippen LogP) is 3.19. The van der Waals surface area contributed by atoms with Crippen LogP contribution in [0, 0.1) is 5.41 Å². The van der Waals surface area contributed by atoms with Crippen molar-refractivity contribution < 1.29 is 5.11 Å². The van der Waals surface area contributed by atoms with E-state index in [0.717, 1.165) is 11.8 Å². The van der Waals surface area contributed by atoms with Gasteiger partial charge < -0.3 is 10.4 Å². The second-order valence-electron chi connectivity index (χ2n) is 6.13. The number of hydrogen-bond acceptors (Lipinski definition) is 3. The third-order valence-corrected chi connectivity index (χ3v) is 6.15. The summed E-state index contributed by atoms with van der Waals surface area (Å²) in [6, 6.07) is 0.695. The molecule has 0 spiro atoms. The molecule has 0 aliphatic heterocycles. The molecule has 2 atom stereocenters. The minimum absolute atomic E-state index is 0.197. The molecule has 2 aliphatic carbocycles. The first-order valence-corrected chi connectivity index (χ1v) is 8.80. The van der Waals surface area contributed by atoms with Gasteiger partial charge in [0, 0.05) is 29.9 Å². The summed E-state index contributed by atoms with van der Waals surface area (Å²) < 4.78 is 0. The summed E-state index contributed by atoms with van der Waals surface area (Å²) in [6.45, 7) is 3.67. The molecule has 0 bridgehead atoms. The van der Waals surface area contributed by atoms with Crippen LogP contribution < -0.4 is 5.32 Å². The van der Waals surface area contributed by atoms with Gasteiger partial charge in [-0.15, -0.1) is 0 Å². The van der Waals surface area contributed by atoms with Crippen LogP contribution >= 0.6 is 11.8 Å². The van der Waals surface area contributed by atoms with E-state index in [4.69, 9.17) is 0 Å². The van der Waals surface area contributed by atoms with Crippen LogP contribution in [0.1, 0.15) is 58.3 Å². The Morgan fingerprint density at radius 2 is 1.94 bits per heavy atom. The van der Waals surface area contributed by atoms with Crippen molar-refractivity contribution in [2.45, 2.75) is 69.6 Å². The van der Waals surface area contributed by atoms with E-state index in [0.29, 0.717) is 12.6 Å². The fourth-order valence-electron chi connectivity index (χ4n) is 3.61. The van der Waals surface area contributed by atoms with Crippen molar-refractivity contribution in [3.63, 3.8) is 0 Å². The Kier molecular flexibility index (Phi) is 5.84.